The van der Waals surface area contributed by atoms with E-state index in [0.29, 0.717) is 63.7 Å². The Bertz CT molecular complexity index is 636. The summed E-state index contributed by atoms with van der Waals surface area (Å²) in [6.07, 6.45) is 1.43. The number of piperidine rings is 1. The molecule has 0 bridgehead atoms. The first-order valence-corrected chi connectivity index (χ1v) is 8.36. The van der Waals surface area contributed by atoms with Crippen LogP contribution in [-0.4, -0.2) is 72.0 Å². The fourth-order valence-electron chi connectivity index (χ4n) is 3.54. The van der Waals surface area contributed by atoms with Gasteiger partial charge in [-0.2, -0.15) is 0 Å². The topological polar surface area (TPSA) is 85.1 Å². The third kappa shape index (κ3) is 2.69. The van der Waals surface area contributed by atoms with Crippen molar-refractivity contribution >= 4 is 11.8 Å². The molecular weight excluding hydrogens is 314 g/mol. The highest BCUT2D eigenvalue weighted by atomic mass is 16.7. The van der Waals surface area contributed by atoms with Crippen molar-refractivity contribution in [3.63, 3.8) is 0 Å². The van der Waals surface area contributed by atoms with Crippen molar-refractivity contribution in [1.29, 1.82) is 0 Å². The number of aryl methyl sites for hydroxylation is 1. The lowest BCUT2D eigenvalue weighted by molar-refractivity contribution is -0.189. The molecule has 0 aliphatic carbocycles. The SMILES string of the molecule is Cc1cc(C(=O)N2CC(C(=O)N3CCC4(CC3)OCCO4)C2)no1. The van der Waals surface area contributed by atoms with Gasteiger partial charge in [0.25, 0.3) is 5.91 Å². The van der Waals surface area contributed by atoms with Gasteiger partial charge in [-0.1, -0.05) is 5.16 Å². The second kappa shape index (κ2) is 5.86. The Balaban J connectivity index is 1.28. The third-order valence-corrected chi connectivity index (χ3v) is 5.02. The standard InChI is InChI=1S/C16H21N3O5/c1-11-8-13(17-24-11)15(21)19-9-12(10-19)14(20)18-4-2-16(3-5-18)22-6-7-23-16/h8,12H,2-7,9-10H2,1H3. The van der Waals surface area contributed by atoms with Crippen molar-refractivity contribution in [3.8, 4) is 0 Å². The second-order valence-electron chi connectivity index (χ2n) is 6.66. The third-order valence-electron chi connectivity index (χ3n) is 5.02. The predicted octanol–water partition coefficient (Wildman–Crippen LogP) is 0.421. The number of hydrogen-bond donors (Lipinski definition) is 0. The normalized spacial score (nSPS) is 23.5. The molecule has 4 rings (SSSR count). The van der Waals surface area contributed by atoms with Gasteiger partial charge in [0, 0.05) is 45.1 Å². The van der Waals surface area contributed by atoms with Crippen molar-refractivity contribution in [2.75, 3.05) is 39.4 Å². The summed E-state index contributed by atoms with van der Waals surface area (Å²) in [5.41, 5.74) is 0.300. The summed E-state index contributed by atoms with van der Waals surface area (Å²) in [6, 6.07) is 1.61. The summed E-state index contributed by atoms with van der Waals surface area (Å²) < 4.78 is 16.3. The second-order valence-corrected chi connectivity index (χ2v) is 6.66. The number of rotatable bonds is 2. The van der Waals surface area contributed by atoms with Gasteiger partial charge in [0.15, 0.2) is 11.5 Å². The zero-order chi connectivity index (χ0) is 16.7. The number of carbonyl (C=O) groups is 2. The van der Waals surface area contributed by atoms with Crippen LogP contribution in [0.5, 0.6) is 0 Å². The van der Waals surface area contributed by atoms with Crippen LogP contribution in [0.3, 0.4) is 0 Å². The molecule has 1 spiro atoms. The lowest BCUT2D eigenvalue weighted by Gasteiger charge is -2.43. The van der Waals surface area contributed by atoms with Gasteiger partial charge >= 0.3 is 0 Å². The Hall–Kier alpha value is -1.93. The van der Waals surface area contributed by atoms with E-state index in [0.717, 1.165) is 0 Å². The average Bonchev–Trinajstić information content (AvgIpc) is 3.16. The number of carbonyl (C=O) groups excluding carboxylic acids is 2. The van der Waals surface area contributed by atoms with Gasteiger partial charge in [-0.15, -0.1) is 0 Å². The molecule has 3 aliphatic rings. The van der Waals surface area contributed by atoms with E-state index >= 15 is 0 Å². The van der Waals surface area contributed by atoms with E-state index in [1.807, 2.05) is 4.90 Å². The Morgan fingerprint density at radius 3 is 2.42 bits per heavy atom. The van der Waals surface area contributed by atoms with E-state index in [1.165, 1.54) is 0 Å². The minimum atomic E-state index is -0.469. The average molecular weight is 335 g/mol. The summed E-state index contributed by atoms with van der Waals surface area (Å²) >= 11 is 0. The Morgan fingerprint density at radius 2 is 1.83 bits per heavy atom. The van der Waals surface area contributed by atoms with Crippen LogP contribution in [0.15, 0.2) is 10.6 Å². The van der Waals surface area contributed by atoms with Crippen LogP contribution < -0.4 is 0 Å². The molecule has 0 aromatic carbocycles. The molecule has 1 aromatic heterocycles. The van der Waals surface area contributed by atoms with Crippen molar-refractivity contribution in [2.45, 2.75) is 25.6 Å². The molecule has 0 radical (unpaired) electrons. The Kier molecular flexibility index (Phi) is 3.80. The summed E-state index contributed by atoms with van der Waals surface area (Å²) in [4.78, 5) is 28.3. The Morgan fingerprint density at radius 1 is 1.17 bits per heavy atom. The van der Waals surface area contributed by atoms with Crippen LogP contribution in [0, 0.1) is 12.8 Å². The fraction of sp³-hybridized carbons (Fsp3) is 0.688. The van der Waals surface area contributed by atoms with Crippen LogP contribution >= 0.6 is 0 Å². The van der Waals surface area contributed by atoms with E-state index in [2.05, 4.69) is 5.16 Å². The minimum absolute atomic E-state index is 0.114. The van der Waals surface area contributed by atoms with E-state index < -0.39 is 5.79 Å². The lowest BCUT2D eigenvalue weighted by Crippen LogP contribution is -2.58. The number of hydrogen-bond acceptors (Lipinski definition) is 6. The first-order valence-electron chi connectivity index (χ1n) is 8.36. The summed E-state index contributed by atoms with van der Waals surface area (Å²) in [6.45, 7) is 5.19. The highest BCUT2D eigenvalue weighted by Gasteiger charge is 2.44. The van der Waals surface area contributed by atoms with E-state index in [1.54, 1.807) is 17.9 Å². The zero-order valence-corrected chi connectivity index (χ0v) is 13.7. The highest BCUT2D eigenvalue weighted by molar-refractivity contribution is 5.94. The number of ether oxygens (including phenoxy) is 2. The Labute approximate surface area is 139 Å². The first kappa shape index (κ1) is 15.6. The van der Waals surface area contributed by atoms with Crippen LogP contribution in [0.2, 0.25) is 0 Å². The molecular formula is C16H21N3O5. The maximum absolute atomic E-state index is 12.6. The number of aromatic nitrogens is 1. The molecule has 24 heavy (non-hydrogen) atoms. The lowest BCUT2D eigenvalue weighted by atomic mass is 9.95. The minimum Gasteiger partial charge on any atom is -0.361 e. The molecule has 2 amide bonds. The van der Waals surface area contributed by atoms with Crippen molar-refractivity contribution in [3.05, 3.63) is 17.5 Å². The fourth-order valence-corrected chi connectivity index (χ4v) is 3.54. The van der Waals surface area contributed by atoms with Gasteiger partial charge in [0.05, 0.1) is 19.1 Å². The molecule has 0 N–H and O–H groups in total. The highest BCUT2D eigenvalue weighted by Crippen LogP contribution is 2.32. The van der Waals surface area contributed by atoms with E-state index in [-0.39, 0.29) is 17.7 Å². The number of likely N-dealkylation sites (tertiary alicyclic amines) is 2. The summed E-state index contributed by atoms with van der Waals surface area (Å²) in [7, 11) is 0. The van der Waals surface area contributed by atoms with Gasteiger partial charge < -0.3 is 23.8 Å². The largest absolute Gasteiger partial charge is 0.361 e. The summed E-state index contributed by atoms with van der Waals surface area (Å²) in [5.74, 6) is -0.0561. The molecule has 3 fully saturated rings. The van der Waals surface area contributed by atoms with Crippen LogP contribution in [-0.2, 0) is 14.3 Å². The zero-order valence-electron chi connectivity index (χ0n) is 13.7. The maximum atomic E-state index is 12.6. The molecule has 8 nitrogen and oxygen atoms in total. The molecule has 1 aromatic rings. The predicted molar refractivity (Wildman–Crippen MR) is 81.1 cm³/mol. The van der Waals surface area contributed by atoms with Gasteiger partial charge in [-0.05, 0) is 6.92 Å². The van der Waals surface area contributed by atoms with Gasteiger partial charge in [0.1, 0.15) is 5.76 Å². The molecule has 4 heterocycles. The van der Waals surface area contributed by atoms with E-state index in [4.69, 9.17) is 14.0 Å². The van der Waals surface area contributed by atoms with Gasteiger partial charge in [-0.25, -0.2) is 0 Å². The van der Waals surface area contributed by atoms with Crippen molar-refractivity contribution in [2.24, 2.45) is 5.92 Å². The van der Waals surface area contributed by atoms with Crippen LogP contribution in [0.4, 0.5) is 0 Å². The molecule has 0 atom stereocenters. The first-order chi connectivity index (χ1) is 11.6. The molecule has 0 saturated carbocycles. The number of nitrogens with zero attached hydrogens (tertiary/aromatic N) is 3. The van der Waals surface area contributed by atoms with Gasteiger partial charge in [-0.3, -0.25) is 9.59 Å². The monoisotopic (exact) mass is 335 g/mol. The molecule has 8 heteroatoms. The number of amides is 2. The smallest absolute Gasteiger partial charge is 0.276 e. The van der Waals surface area contributed by atoms with Crippen molar-refractivity contribution in [1.82, 2.24) is 15.0 Å². The van der Waals surface area contributed by atoms with Crippen LogP contribution in [0.1, 0.15) is 29.1 Å². The molecule has 3 saturated heterocycles. The van der Waals surface area contributed by atoms with Gasteiger partial charge in [0.2, 0.25) is 5.91 Å². The van der Waals surface area contributed by atoms with Crippen LogP contribution in [0.25, 0.3) is 0 Å². The molecule has 130 valence electrons. The van der Waals surface area contributed by atoms with Crippen molar-refractivity contribution < 1.29 is 23.6 Å². The quantitative estimate of drug-likeness (QED) is 0.779. The summed E-state index contributed by atoms with van der Waals surface area (Å²) in [5, 5.41) is 3.73. The molecule has 3 aliphatic heterocycles. The maximum Gasteiger partial charge on any atom is 0.276 e. The molecule has 0 unspecified atom stereocenters. The van der Waals surface area contributed by atoms with E-state index in [9.17, 15) is 9.59 Å².